The van der Waals surface area contributed by atoms with Crippen LogP contribution in [0.15, 0.2) is 33.9 Å². The molecule has 25 heavy (non-hydrogen) atoms. The molecule has 1 aromatic carbocycles. The fourth-order valence-electron chi connectivity index (χ4n) is 2.30. The van der Waals surface area contributed by atoms with Crippen LogP contribution < -0.4 is 5.32 Å². The second-order valence-corrected chi connectivity index (χ2v) is 7.05. The van der Waals surface area contributed by atoms with Crippen molar-refractivity contribution in [2.24, 2.45) is 0 Å². The van der Waals surface area contributed by atoms with Crippen LogP contribution >= 0.6 is 11.8 Å². The van der Waals surface area contributed by atoms with E-state index in [0.717, 1.165) is 11.3 Å². The maximum atomic E-state index is 12.3. The third kappa shape index (κ3) is 3.87. The molecule has 3 rings (SSSR count). The second kappa shape index (κ2) is 7.06. The lowest BCUT2D eigenvalue weighted by Gasteiger charge is -2.11. The van der Waals surface area contributed by atoms with Gasteiger partial charge in [-0.2, -0.15) is 4.68 Å². The monoisotopic (exact) mass is 358 g/mol. The van der Waals surface area contributed by atoms with E-state index in [1.54, 1.807) is 24.6 Å². The smallest absolute Gasteiger partial charge is 0.240 e. The molecule has 9 heteroatoms. The molecule has 8 nitrogen and oxygen atoms in total. The number of benzene rings is 1. The summed E-state index contributed by atoms with van der Waals surface area (Å²) in [5, 5.41) is 18.4. The summed E-state index contributed by atoms with van der Waals surface area (Å²) in [5.74, 6) is 0.111. The van der Waals surface area contributed by atoms with Crippen LogP contribution in [0.4, 0.5) is 5.88 Å². The Balaban J connectivity index is 1.75. The number of rotatable bonds is 5. The van der Waals surface area contributed by atoms with Crippen molar-refractivity contribution < 1.29 is 9.32 Å². The number of tetrazole rings is 1. The number of thioether (sulfide) groups is 1. The van der Waals surface area contributed by atoms with Crippen LogP contribution in [0.1, 0.15) is 23.7 Å². The molecule has 0 bridgehead atoms. The molecular formula is C16H18N6O2S. The quantitative estimate of drug-likeness (QED) is 0.700. The first-order valence-electron chi connectivity index (χ1n) is 7.71. The predicted octanol–water partition coefficient (Wildman–Crippen LogP) is 2.69. The molecule has 1 amide bonds. The molecule has 0 saturated carbocycles. The van der Waals surface area contributed by atoms with Crippen molar-refractivity contribution in [2.75, 3.05) is 5.32 Å². The van der Waals surface area contributed by atoms with Crippen molar-refractivity contribution in [1.29, 1.82) is 0 Å². The normalized spacial score (nSPS) is 12.2. The van der Waals surface area contributed by atoms with Gasteiger partial charge in [-0.25, -0.2) is 0 Å². The van der Waals surface area contributed by atoms with Gasteiger partial charge in [0, 0.05) is 6.07 Å². The standard InChI is InChI=1S/C16H18N6O2S/c1-9-5-6-13(10(2)7-9)22-16(18-20-21-22)25-12(4)15(23)17-14-8-11(3)19-24-14/h5-8,12H,1-4H3,(H,17,23)/t12-/m1/s1. The first-order valence-corrected chi connectivity index (χ1v) is 8.59. The summed E-state index contributed by atoms with van der Waals surface area (Å²) in [6.45, 7) is 7.60. The van der Waals surface area contributed by atoms with Crippen molar-refractivity contribution in [2.45, 2.75) is 38.1 Å². The lowest BCUT2D eigenvalue weighted by Crippen LogP contribution is -2.22. The number of aromatic nitrogens is 5. The van der Waals surface area contributed by atoms with Crippen LogP contribution in [-0.2, 0) is 4.79 Å². The minimum atomic E-state index is -0.416. The Kier molecular flexibility index (Phi) is 4.84. The van der Waals surface area contributed by atoms with Crippen molar-refractivity contribution in [1.82, 2.24) is 25.4 Å². The second-order valence-electron chi connectivity index (χ2n) is 5.75. The SMILES string of the molecule is Cc1ccc(-n2nnnc2S[C@H](C)C(=O)Nc2cc(C)no2)c(C)c1. The molecule has 0 aliphatic rings. The van der Waals surface area contributed by atoms with Crippen molar-refractivity contribution in [3.8, 4) is 5.69 Å². The highest BCUT2D eigenvalue weighted by molar-refractivity contribution is 8.00. The third-order valence-corrected chi connectivity index (χ3v) is 4.58. The van der Waals surface area contributed by atoms with Gasteiger partial charge in [-0.1, -0.05) is 34.6 Å². The van der Waals surface area contributed by atoms with E-state index in [0.29, 0.717) is 16.7 Å². The molecule has 2 heterocycles. The minimum Gasteiger partial charge on any atom is -0.338 e. The highest BCUT2D eigenvalue weighted by Gasteiger charge is 2.21. The van der Waals surface area contributed by atoms with Gasteiger partial charge in [0.05, 0.1) is 16.6 Å². The average molecular weight is 358 g/mol. The zero-order chi connectivity index (χ0) is 18.0. The van der Waals surface area contributed by atoms with Crippen LogP contribution in [0, 0.1) is 20.8 Å². The molecule has 1 N–H and O–H groups in total. The summed E-state index contributed by atoms with van der Waals surface area (Å²) >= 11 is 1.27. The molecule has 130 valence electrons. The molecule has 0 fully saturated rings. The van der Waals surface area contributed by atoms with Crippen molar-refractivity contribution >= 4 is 23.6 Å². The van der Waals surface area contributed by atoms with E-state index < -0.39 is 5.25 Å². The Labute approximate surface area is 149 Å². The van der Waals surface area contributed by atoms with Crippen LogP contribution in [0.2, 0.25) is 0 Å². The summed E-state index contributed by atoms with van der Waals surface area (Å²) in [6.07, 6.45) is 0. The van der Waals surface area contributed by atoms with Crippen LogP contribution in [0.25, 0.3) is 5.69 Å². The van der Waals surface area contributed by atoms with E-state index in [-0.39, 0.29) is 5.91 Å². The third-order valence-electron chi connectivity index (χ3n) is 3.55. The Morgan fingerprint density at radius 3 is 2.76 bits per heavy atom. The van der Waals surface area contributed by atoms with E-state index >= 15 is 0 Å². The highest BCUT2D eigenvalue weighted by Crippen LogP contribution is 2.25. The van der Waals surface area contributed by atoms with E-state index in [9.17, 15) is 4.79 Å². The van der Waals surface area contributed by atoms with Crippen LogP contribution in [-0.4, -0.2) is 36.5 Å². The lowest BCUT2D eigenvalue weighted by atomic mass is 10.1. The number of hydrogen-bond donors (Lipinski definition) is 1. The number of anilines is 1. The molecule has 3 aromatic rings. The van der Waals surface area contributed by atoms with Gasteiger partial charge in [-0.05, 0) is 49.8 Å². The molecule has 0 aliphatic heterocycles. The van der Waals surface area contributed by atoms with Gasteiger partial charge in [0.2, 0.25) is 16.9 Å². The number of carbonyl (C=O) groups excluding carboxylic acids is 1. The summed E-state index contributed by atoms with van der Waals surface area (Å²) < 4.78 is 6.64. The molecule has 0 aliphatic carbocycles. The Bertz CT molecular complexity index is 904. The average Bonchev–Trinajstić information content (AvgIpc) is 3.16. The first-order chi connectivity index (χ1) is 11.9. The van der Waals surface area contributed by atoms with E-state index in [2.05, 4.69) is 32.1 Å². The van der Waals surface area contributed by atoms with Gasteiger partial charge < -0.3 is 4.52 Å². The summed E-state index contributed by atoms with van der Waals surface area (Å²) in [5.41, 5.74) is 3.81. The number of carbonyl (C=O) groups is 1. The fraction of sp³-hybridized carbons (Fsp3) is 0.312. The lowest BCUT2D eigenvalue weighted by molar-refractivity contribution is -0.115. The summed E-state index contributed by atoms with van der Waals surface area (Å²) in [7, 11) is 0. The maximum Gasteiger partial charge on any atom is 0.240 e. The molecule has 2 aromatic heterocycles. The maximum absolute atomic E-state index is 12.3. The fourth-order valence-corrected chi connectivity index (χ4v) is 3.10. The zero-order valence-electron chi connectivity index (χ0n) is 14.3. The largest absolute Gasteiger partial charge is 0.338 e. The van der Waals surface area contributed by atoms with Gasteiger partial charge in [0.15, 0.2) is 0 Å². The Morgan fingerprint density at radius 2 is 2.08 bits per heavy atom. The van der Waals surface area contributed by atoms with Gasteiger partial charge >= 0.3 is 0 Å². The van der Waals surface area contributed by atoms with Gasteiger partial charge in [0.1, 0.15) is 0 Å². The minimum absolute atomic E-state index is 0.212. The predicted molar refractivity (Wildman–Crippen MR) is 93.8 cm³/mol. The van der Waals surface area contributed by atoms with Gasteiger partial charge in [-0.3, -0.25) is 10.1 Å². The Hall–Kier alpha value is -2.68. The van der Waals surface area contributed by atoms with Gasteiger partial charge in [-0.15, -0.1) is 5.10 Å². The number of amides is 1. The number of nitrogens with one attached hydrogen (secondary N) is 1. The summed E-state index contributed by atoms with van der Waals surface area (Å²) in [4.78, 5) is 12.3. The van der Waals surface area contributed by atoms with E-state index in [1.165, 1.54) is 17.3 Å². The number of hydrogen-bond acceptors (Lipinski definition) is 7. The molecule has 1 atom stereocenters. The molecule has 0 spiro atoms. The molecule has 0 unspecified atom stereocenters. The zero-order valence-corrected chi connectivity index (χ0v) is 15.2. The van der Waals surface area contributed by atoms with Crippen molar-refractivity contribution in [3.05, 3.63) is 41.1 Å². The topological polar surface area (TPSA) is 98.7 Å². The highest BCUT2D eigenvalue weighted by atomic mass is 32.2. The Morgan fingerprint density at radius 1 is 1.28 bits per heavy atom. The number of aryl methyl sites for hydroxylation is 3. The van der Waals surface area contributed by atoms with Gasteiger partial charge in [0.25, 0.3) is 0 Å². The van der Waals surface area contributed by atoms with E-state index in [4.69, 9.17) is 4.52 Å². The van der Waals surface area contributed by atoms with Crippen LogP contribution in [0.3, 0.4) is 0 Å². The van der Waals surface area contributed by atoms with Crippen LogP contribution in [0.5, 0.6) is 0 Å². The molecule has 0 saturated heterocycles. The van der Waals surface area contributed by atoms with Crippen molar-refractivity contribution in [3.63, 3.8) is 0 Å². The summed E-state index contributed by atoms with van der Waals surface area (Å²) in [6, 6.07) is 7.69. The van der Waals surface area contributed by atoms with E-state index in [1.807, 2.05) is 26.0 Å². The first kappa shape index (κ1) is 17.2. The molecule has 0 radical (unpaired) electrons. The molecular weight excluding hydrogens is 340 g/mol. The number of nitrogens with zero attached hydrogens (tertiary/aromatic N) is 5.